The standard InChI is InChI=1S/C11H20N2/c1-2-7-13(8-3-1)10-11-5-4-6-12-9-11/h1-2,11-12H,3-10H2. The van der Waals surface area contributed by atoms with Gasteiger partial charge >= 0.3 is 0 Å². The van der Waals surface area contributed by atoms with Crippen LogP contribution in [0.15, 0.2) is 12.2 Å². The zero-order valence-electron chi connectivity index (χ0n) is 8.34. The molecular weight excluding hydrogens is 160 g/mol. The molecule has 0 aromatic rings. The van der Waals surface area contributed by atoms with Crippen molar-refractivity contribution in [3.63, 3.8) is 0 Å². The highest BCUT2D eigenvalue weighted by molar-refractivity contribution is 4.91. The Balaban J connectivity index is 1.72. The van der Waals surface area contributed by atoms with E-state index in [9.17, 15) is 0 Å². The Hall–Kier alpha value is -0.340. The van der Waals surface area contributed by atoms with Gasteiger partial charge in [0.25, 0.3) is 0 Å². The fourth-order valence-corrected chi connectivity index (χ4v) is 2.30. The molecule has 0 bridgehead atoms. The van der Waals surface area contributed by atoms with E-state index in [1.807, 2.05) is 0 Å². The van der Waals surface area contributed by atoms with Crippen molar-refractivity contribution in [3.05, 3.63) is 12.2 Å². The fourth-order valence-electron chi connectivity index (χ4n) is 2.30. The van der Waals surface area contributed by atoms with Crippen LogP contribution in [0.4, 0.5) is 0 Å². The second-order valence-electron chi connectivity index (χ2n) is 4.23. The maximum Gasteiger partial charge on any atom is 0.0163 e. The van der Waals surface area contributed by atoms with Crippen LogP contribution in [-0.4, -0.2) is 37.6 Å². The monoisotopic (exact) mass is 180 g/mol. The molecule has 1 fully saturated rings. The molecule has 2 aliphatic rings. The number of hydrogen-bond acceptors (Lipinski definition) is 2. The maximum absolute atomic E-state index is 3.48. The molecule has 0 saturated carbocycles. The lowest BCUT2D eigenvalue weighted by Crippen LogP contribution is -2.39. The van der Waals surface area contributed by atoms with Gasteiger partial charge in [-0.1, -0.05) is 12.2 Å². The number of nitrogens with one attached hydrogen (secondary N) is 1. The molecule has 74 valence electrons. The summed E-state index contributed by atoms with van der Waals surface area (Å²) in [6.07, 6.45) is 8.65. The van der Waals surface area contributed by atoms with Gasteiger partial charge in [-0.2, -0.15) is 0 Å². The highest BCUT2D eigenvalue weighted by Crippen LogP contribution is 2.13. The molecule has 0 spiro atoms. The van der Waals surface area contributed by atoms with Gasteiger partial charge in [0.15, 0.2) is 0 Å². The Kier molecular flexibility index (Phi) is 3.39. The summed E-state index contributed by atoms with van der Waals surface area (Å²) in [5.41, 5.74) is 0. The summed E-state index contributed by atoms with van der Waals surface area (Å²) in [6, 6.07) is 0. The molecule has 13 heavy (non-hydrogen) atoms. The molecule has 1 N–H and O–H groups in total. The third-order valence-corrected chi connectivity index (χ3v) is 3.06. The van der Waals surface area contributed by atoms with Crippen molar-refractivity contribution in [2.75, 3.05) is 32.7 Å². The highest BCUT2D eigenvalue weighted by atomic mass is 15.1. The van der Waals surface area contributed by atoms with Crippen molar-refractivity contribution < 1.29 is 0 Å². The topological polar surface area (TPSA) is 15.3 Å². The molecular formula is C11H20N2. The lowest BCUT2D eigenvalue weighted by atomic mass is 9.98. The van der Waals surface area contributed by atoms with E-state index in [0.717, 1.165) is 5.92 Å². The summed E-state index contributed by atoms with van der Waals surface area (Å²) < 4.78 is 0. The van der Waals surface area contributed by atoms with Crippen LogP contribution in [0.25, 0.3) is 0 Å². The van der Waals surface area contributed by atoms with E-state index in [1.54, 1.807) is 0 Å². The Bertz CT molecular complexity index is 171. The summed E-state index contributed by atoms with van der Waals surface area (Å²) in [4.78, 5) is 2.58. The van der Waals surface area contributed by atoms with Crippen LogP contribution >= 0.6 is 0 Å². The van der Waals surface area contributed by atoms with E-state index in [2.05, 4.69) is 22.4 Å². The average Bonchev–Trinajstić information content (AvgIpc) is 2.21. The summed E-state index contributed by atoms with van der Waals surface area (Å²) in [5, 5.41) is 3.48. The second-order valence-corrected chi connectivity index (χ2v) is 4.23. The minimum Gasteiger partial charge on any atom is -0.316 e. The lowest BCUT2D eigenvalue weighted by Gasteiger charge is -2.30. The summed E-state index contributed by atoms with van der Waals surface area (Å²) in [7, 11) is 0. The average molecular weight is 180 g/mol. The first-order valence-electron chi connectivity index (χ1n) is 5.53. The zero-order chi connectivity index (χ0) is 8.93. The molecule has 2 heteroatoms. The molecule has 1 saturated heterocycles. The van der Waals surface area contributed by atoms with Gasteiger partial charge in [-0.05, 0) is 38.3 Å². The Morgan fingerprint density at radius 3 is 3.08 bits per heavy atom. The quantitative estimate of drug-likeness (QED) is 0.643. The van der Waals surface area contributed by atoms with Gasteiger partial charge < -0.3 is 5.32 Å². The lowest BCUT2D eigenvalue weighted by molar-refractivity contribution is 0.222. The largest absolute Gasteiger partial charge is 0.316 e. The van der Waals surface area contributed by atoms with Crippen molar-refractivity contribution in [2.24, 2.45) is 5.92 Å². The summed E-state index contributed by atoms with van der Waals surface area (Å²) in [5.74, 6) is 0.903. The number of rotatable bonds is 2. The first kappa shape index (κ1) is 9.22. The van der Waals surface area contributed by atoms with Crippen LogP contribution in [-0.2, 0) is 0 Å². The Morgan fingerprint density at radius 1 is 1.38 bits per heavy atom. The van der Waals surface area contributed by atoms with Gasteiger partial charge in [0, 0.05) is 19.6 Å². The smallest absolute Gasteiger partial charge is 0.0163 e. The van der Waals surface area contributed by atoms with Gasteiger partial charge in [-0.15, -0.1) is 0 Å². The van der Waals surface area contributed by atoms with Crippen LogP contribution in [0.3, 0.4) is 0 Å². The van der Waals surface area contributed by atoms with Crippen molar-refractivity contribution >= 4 is 0 Å². The van der Waals surface area contributed by atoms with E-state index in [-0.39, 0.29) is 0 Å². The molecule has 2 heterocycles. The Labute approximate surface area is 81.0 Å². The van der Waals surface area contributed by atoms with Crippen molar-refractivity contribution in [2.45, 2.75) is 19.3 Å². The van der Waals surface area contributed by atoms with Gasteiger partial charge in [0.1, 0.15) is 0 Å². The zero-order valence-corrected chi connectivity index (χ0v) is 8.34. The molecule has 2 rings (SSSR count). The van der Waals surface area contributed by atoms with E-state index in [1.165, 1.54) is 52.0 Å². The predicted molar refractivity (Wildman–Crippen MR) is 55.8 cm³/mol. The SMILES string of the molecule is C1=CCN(CC2CCCNC2)CC1. The van der Waals surface area contributed by atoms with E-state index >= 15 is 0 Å². The first-order valence-corrected chi connectivity index (χ1v) is 5.53. The molecule has 2 aliphatic heterocycles. The molecule has 2 nitrogen and oxygen atoms in total. The van der Waals surface area contributed by atoms with E-state index in [4.69, 9.17) is 0 Å². The van der Waals surface area contributed by atoms with E-state index in [0.29, 0.717) is 0 Å². The van der Waals surface area contributed by atoms with Gasteiger partial charge in [0.2, 0.25) is 0 Å². The number of hydrogen-bond donors (Lipinski definition) is 1. The highest BCUT2D eigenvalue weighted by Gasteiger charge is 2.16. The molecule has 0 amide bonds. The molecule has 0 aromatic carbocycles. The van der Waals surface area contributed by atoms with Gasteiger partial charge in [-0.3, -0.25) is 4.90 Å². The fraction of sp³-hybridized carbons (Fsp3) is 0.818. The number of piperidine rings is 1. The third-order valence-electron chi connectivity index (χ3n) is 3.06. The third kappa shape index (κ3) is 2.82. The predicted octanol–water partition coefficient (Wildman–Crippen LogP) is 1.25. The minimum absolute atomic E-state index is 0.903. The molecule has 0 aromatic heterocycles. The van der Waals surface area contributed by atoms with Crippen LogP contribution in [0.1, 0.15) is 19.3 Å². The molecule has 0 radical (unpaired) electrons. The molecule has 1 atom stereocenters. The van der Waals surface area contributed by atoms with Crippen LogP contribution < -0.4 is 5.32 Å². The van der Waals surface area contributed by atoms with Crippen molar-refractivity contribution in [3.8, 4) is 0 Å². The summed E-state index contributed by atoms with van der Waals surface area (Å²) in [6.45, 7) is 6.22. The van der Waals surface area contributed by atoms with Crippen LogP contribution in [0.5, 0.6) is 0 Å². The van der Waals surface area contributed by atoms with Crippen molar-refractivity contribution in [1.29, 1.82) is 0 Å². The molecule has 1 unspecified atom stereocenters. The molecule has 0 aliphatic carbocycles. The number of nitrogens with zero attached hydrogens (tertiary/aromatic N) is 1. The van der Waals surface area contributed by atoms with Crippen molar-refractivity contribution in [1.82, 2.24) is 10.2 Å². The van der Waals surface area contributed by atoms with Crippen LogP contribution in [0.2, 0.25) is 0 Å². The second kappa shape index (κ2) is 4.77. The minimum atomic E-state index is 0.903. The normalized spacial score (nSPS) is 30.6. The van der Waals surface area contributed by atoms with Crippen LogP contribution in [0, 0.1) is 5.92 Å². The van der Waals surface area contributed by atoms with Gasteiger partial charge in [-0.25, -0.2) is 0 Å². The first-order chi connectivity index (χ1) is 6.45. The summed E-state index contributed by atoms with van der Waals surface area (Å²) >= 11 is 0. The Morgan fingerprint density at radius 2 is 2.38 bits per heavy atom. The maximum atomic E-state index is 3.48. The van der Waals surface area contributed by atoms with Gasteiger partial charge in [0.05, 0.1) is 0 Å². The van der Waals surface area contributed by atoms with E-state index < -0.39 is 0 Å².